The van der Waals surface area contributed by atoms with Crippen LogP contribution in [0.5, 0.6) is 11.5 Å². The van der Waals surface area contributed by atoms with E-state index in [-0.39, 0.29) is 11.1 Å². The zero-order chi connectivity index (χ0) is 26.6. The van der Waals surface area contributed by atoms with E-state index in [1.807, 2.05) is 6.92 Å². The minimum atomic E-state index is -0.594. The molecular formula is C29H33NO6. The highest BCUT2D eigenvalue weighted by Gasteiger charge is 2.28. The van der Waals surface area contributed by atoms with Crippen LogP contribution in [0.15, 0.2) is 30.3 Å². The topological polar surface area (TPSA) is 84.0 Å². The van der Waals surface area contributed by atoms with Crippen LogP contribution in [0, 0.1) is 34.6 Å². The number of rotatable bonds is 8. The third-order valence-electron chi connectivity index (χ3n) is 6.21. The molecule has 190 valence electrons. The van der Waals surface area contributed by atoms with Crippen LogP contribution in [-0.2, 0) is 16.1 Å². The minimum absolute atomic E-state index is 0.199. The molecule has 0 aliphatic carbocycles. The Morgan fingerprint density at radius 2 is 1.33 bits per heavy atom. The molecule has 7 heteroatoms. The summed E-state index contributed by atoms with van der Waals surface area (Å²) in [6, 6.07) is 9.62. The third kappa shape index (κ3) is 5.35. The second-order valence-corrected chi connectivity index (χ2v) is 8.64. The SMILES string of the molecule is CCOc1cc(-c2c(C(=O)OC)c(C)nc(C)c2C(=O)OC)ccc1OCc1cc(C)c(C)cc1C. The van der Waals surface area contributed by atoms with Crippen LogP contribution in [0.2, 0.25) is 0 Å². The summed E-state index contributed by atoms with van der Waals surface area (Å²) in [5.41, 5.74) is 6.95. The van der Waals surface area contributed by atoms with Gasteiger partial charge in [-0.2, -0.15) is 0 Å². The van der Waals surface area contributed by atoms with E-state index in [0.29, 0.717) is 47.2 Å². The lowest BCUT2D eigenvalue weighted by atomic mass is 9.92. The number of hydrogen-bond donors (Lipinski definition) is 0. The number of carbonyl (C=O) groups is 2. The van der Waals surface area contributed by atoms with Gasteiger partial charge in [0.15, 0.2) is 11.5 Å². The predicted molar refractivity (Wildman–Crippen MR) is 138 cm³/mol. The van der Waals surface area contributed by atoms with Crippen molar-refractivity contribution in [3.8, 4) is 22.6 Å². The molecule has 36 heavy (non-hydrogen) atoms. The molecule has 0 amide bonds. The lowest BCUT2D eigenvalue weighted by Gasteiger charge is -2.19. The predicted octanol–water partition coefficient (Wildman–Crippen LogP) is 5.84. The van der Waals surface area contributed by atoms with Crippen molar-refractivity contribution in [2.24, 2.45) is 0 Å². The summed E-state index contributed by atoms with van der Waals surface area (Å²) >= 11 is 0. The highest BCUT2D eigenvalue weighted by atomic mass is 16.5. The van der Waals surface area contributed by atoms with Crippen molar-refractivity contribution in [2.75, 3.05) is 20.8 Å². The Balaban J connectivity index is 2.14. The van der Waals surface area contributed by atoms with E-state index in [1.54, 1.807) is 32.0 Å². The van der Waals surface area contributed by atoms with Gasteiger partial charge in [-0.3, -0.25) is 4.98 Å². The van der Waals surface area contributed by atoms with E-state index in [4.69, 9.17) is 18.9 Å². The molecule has 0 spiro atoms. The molecule has 0 atom stereocenters. The van der Waals surface area contributed by atoms with Crippen LogP contribution >= 0.6 is 0 Å². The number of nitrogens with zero attached hydrogens (tertiary/aromatic N) is 1. The molecule has 0 bridgehead atoms. The summed E-state index contributed by atoms with van der Waals surface area (Å²) in [5, 5.41) is 0. The third-order valence-corrected chi connectivity index (χ3v) is 6.21. The number of aromatic nitrogens is 1. The van der Waals surface area contributed by atoms with Crippen LogP contribution in [0.1, 0.15) is 61.3 Å². The van der Waals surface area contributed by atoms with Gasteiger partial charge in [0.25, 0.3) is 0 Å². The molecule has 0 N–H and O–H groups in total. The molecule has 3 rings (SSSR count). The molecule has 0 saturated heterocycles. The Morgan fingerprint density at radius 3 is 1.89 bits per heavy atom. The number of aryl methyl sites for hydroxylation is 5. The monoisotopic (exact) mass is 491 g/mol. The molecule has 3 aromatic rings. The normalized spacial score (nSPS) is 10.7. The second kappa shape index (κ2) is 11.2. The number of carbonyl (C=O) groups excluding carboxylic acids is 2. The van der Waals surface area contributed by atoms with Crippen LogP contribution in [0.4, 0.5) is 0 Å². The molecule has 0 aliphatic rings. The number of benzene rings is 2. The van der Waals surface area contributed by atoms with E-state index < -0.39 is 11.9 Å². The number of hydrogen-bond acceptors (Lipinski definition) is 7. The van der Waals surface area contributed by atoms with Crippen molar-refractivity contribution in [1.82, 2.24) is 4.98 Å². The van der Waals surface area contributed by atoms with Crippen molar-refractivity contribution in [3.05, 3.63) is 75.1 Å². The average Bonchev–Trinajstić information content (AvgIpc) is 2.84. The first-order valence-corrected chi connectivity index (χ1v) is 11.8. The van der Waals surface area contributed by atoms with Crippen LogP contribution in [0.25, 0.3) is 11.1 Å². The van der Waals surface area contributed by atoms with Gasteiger partial charge in [-0.05, 0) is 81.5 Å². The van der Waals surface area contributed by atoms with E-state index in [2.05, 4.69) is 37.9 Å². The molecule has 0 unspecified atom stereocenters. The zero-order valence-electron chi connectivity index (χ0n) is 22.2. The number of methoxy groups -OCH3 is 2. The maximum atomic E-state index is 12.8. The van der Waals surface area contributed by atoms with Gasteiger partial charge in [0.05, 0.1) is 43.3 Å². The molecule has 7 nitrogen and oxygen atoms in total. The summed E-state index contributed by atoms with van der Waals surface area (Å²) in [6.45, 7) is 12.3. The Hall–Kier alpha value is -3.87. The fourth-order valence-corrected chi connectivity index (χ4v) is 4.22. The van der Waals surface area contributed by atoms with Crippen molar-refractivity contribution in [2.45, 2.75) is 48.1 Å². The largest absolute Gasteiger partial charge is 0.490 e. The van der Waals surface area contributed by atoms with Crippen molar-refractivity contribution in [1.29, 1.82) is 0 Å². The van der Waals surface area contributed by atoms with Crippen molar-refractivity contribution in [3.63, 3.8) is 0 Å². The molecule has 0 radical (unpaired) electrons. The first-order valence-electron chi connectivity index (χ1n) is 11.8. The maximum Gasteiger partial charge on any atom is 0.340 e. The second-order valence-electron chi connectivity index (χ2n) is 8.64. The fourth-order valence-electron chi connectivity index (χ4n) is 4.22. The van der Waals surface area contributed by atoms with Crippen LogP contribution < -0.4 is 9.47 Å². The summed E-state index contributed by atoms with van der Waals surface area (Å²) in [7, 11) is 2.58. The van der Waals surface area contributed by atoms with Crippen molar-refractivity contribution < 1.29 is 28.5 Å². The maximum absolute atomic E-state index is 12.8. The van der Waals surface area contributed by atoms with Gasteiger partial charge in [0.2, 0.25) is 0 Å². The van der Waals surface area contributed by atoms with Crippen LogP contribution in [-0.4, -0.2) is 37.7 Å². The van der Waals surface area contributed by atoms with Crippen molar-refractivity contribution >= 4 is 11.9 Å². The van der Waals surface area contributed by atoms with Gasteiger partial charge in [-0.1, -0.05) is 18.2 Å². The molecule has 0 fully saturated rings. The standard InChI is InChI=1S/C29H33NO6/c1-9-35-24-14-21(10-11-23(24)36-15-22-13-17(3)16(2)12-18(22)4)27-25(28(31)33-7)19(5)30-20(6)26(27)29(32)34-8/h10-14H,9,15H2,1-8H3. The molecular weight excluding hydrogens is 458 g/mol. The molecule has 1 aromatic heterocycles. The van der Waals surface area contributed by atoms with Gasteiger partial charge >= 0.3 is 11.9 Å². The lowest BCUT2D eigenvalue weighted by Crippen LogP contribution is -2.16. The summed E-state index contributed by atoms with van der Waals surface area (Å²) in [5.74, 6) is -0.137. The van der Waals surface area contributed by atoms with E-state index in [1.165, 1.54) is 25.3 Å². The van der Waals surface area contributed by atoms with Gasteiger partial charge in [0.1, 0.15) is 6.61 Å². The molecule has 0 aliphatic heterocycles. The highest BCUT2D eigenvalue weighted by Crippen LogP contribution is 2.38. The summed E-state index contributed by atoms with van der Waals surface area (Å²) in [6.07, 6.45) is 0. The Bertz CT molecular complexity index is 1270. The average molecular weight is 492 g/mol. The van der Waals surface area contributed by atoms with E-state index in [9.17, 15) is 9.59 Å². The van der Waals surface area contributed by atoms with E-state index in [0.717, 1.165) is 11.1 Å². The van der Waals surface area contributed by atoms with Gasteiger partial charge < -0.3 is 18.9 Å². The Kier molecular flexibility index (Phi) is 8.35. The van der Waals surface area contributed by atoms with E-state index >= 15 is 0 Å². The lowest BCUT2D eigenvalue weighted by molar-refractivity contribution is 0.0599. The van der Waals surface area contributed by atoms with Crippen LogP contribution in [0.3, 0.4) is 0 Å². The zero-order valence-corrected chi connectivity index (χ0v) is 22.2. The number of esters is 2. The van der Waals surface area contributed by atoms with Gasteiger partial charge in [-0.15, -0.1) is 0 Å². The summed E-state index contributed by atoms with van der Waals surface area (Å²) < 4.78 is 22.1. The first-order chi connectivity index (χ1) is 17.1. The first kappa shape index (κ1) is 26.7. The quantitative estimate of drug-likeness (QED) is 0.366. The number of ether oxygens (including phenoxy) is 4. The van der Waals surface area contributed by atoms with Gasteiger partial charge in [0, 0.05) is 5.56 Å². The number of pyridine rings is 1. The van der Waals surface area contributed by atoms with Gasteiger partial charge in [-0.25, -0.2) is 9.59 Å². The highest BCUT2D eigenvalue weighted by molar-refractivity contribution is 6.07. The molecule has 0 saturated carbocycles. The molecule has 2 aromatic carbocycles. The Labute approximate surface area is 212 Å². The fraction of sp³-hybridized carbons (Fsp3) is 0.345. The Morgan fingerprint density at radius 1 is 0.750 bits per heavy atom. The minimum Gasteiger partial charge on any atom is -0.490 e. The smallest absolute Gasteiger partial charge is 0.340 e. The summed E-state index contributed by atoms with van der Waals surface area (Å²) in [4.78, 5) is 29.9. The molecule has 1 heterocycles.